The quantitative estimate of drug-likeness (QED) is 0.601. The molecule has 1 atom stereocenters. The summed E-state index contributed by atoms with van der Waals surface area (Å²) < 4.78 is 7.43. The molecule has 0 N–H and O–H groups in total. The summed E-state index contributed by atoms with van der Waals surface area (Å²) in [6.07, 6.45) is 4.98. The Morgan fingerprint density at radius 3 is 2.59 bits per heavy atom. The van der Waals surface area contributed by atoms with Crippen molar-refractivity contribution in [2.75, 3.05) is 12.0 Å². The molecule has 1 heterocycles. The monoisotopic (exact) mass is 362 g/mol. The van der Waals surface area contributed by atoms with Crippen LogP contribution in [0.3, 0.4) is 0 Å². The van der Waals surface area contributed by atoms with Crippen LogP contribution in [0.2, 0.25) is 0 Å². The Morgan fingerprint density at radius 1 is 1.15 bits per heavy atom. The molecule has 3 aromatic rings. The van der Waals surface area contributed by atoms with Gasteiger partial charge in [0.25, 0.3) is 0 Å². The van der Waals surface area contributed by atoms with Crippen LogP contribution in [0.25, 0.3) is 10.9 Å². The number of ether oxygens (including phenoxy) is 1. The summed E-state index contributed by atoms with van der Waals surface area (Å²) in [6, 6.07) is 18.5. The number of anilines is 1. The number of methoxy groups -OCH3 is 1. The van der Waals surface area contributed by atoms with E-state index in [1.54, 1.807) is 7.11 Å². The fraction of sp³-hybridized carbons (Fsp3) is 0.348. The molecule has 1 fully saturated rings. The Bertz CT molecular complexity index is 925. The van der Waals surface area contributed by atoms with E-state index in [9.17, 15) is 4.79 Å². The van der Waals surface area contributed by atoms with Gasteiger partial charge >= 0.3 is 0 Å². The number of hydrogen-bond donors (Lipinski definition) is 0. The molecule has 0 aliphatic heterocycles. The van der Waals surface area contributed by atoms with Crippen molar-refractivity contribution in [1.82, 2.24) is 4.57 Å². The summed E-state index contributed by atoms with van der Waals surface area (Å²) in [5.41, 5.74) is 2.13. The normalized spacial score (nSPS) is 14.9. The van der Waals surface area contributed by atoms with Crippen LogP contribution in [-0.2, 0) is 11.3 Å². The number of para-hydroxylation sites is 1. The predicted molar refractivity (Wildman–Crippen MR) is 109 cm³/mol. The Kier molecular flexibility index (Phi) is 4.88. The number of carbonyl (C=O) groups excluding carboxylic acids is 1. The van der Waals surface area contributed by atoms with E-state index >= 15 is 0 Å². The van der Waals surface area contributed by atoms with Gasteiger partial charge in [-0.15, -0.1) is 0 Å². The van der Waals surface area contributed by atoms with Gasteiger partial charge in [-0.05, 0) is 67.5 Å². The van der Waals surface area contributed by atoms with Crippen molar-refractivity contribution < 1.29 is 9.53 Å². The molecule has 1 aromatic heterocycles. The molecule has 1 saturated carbocycles. The van der Waals surface area contributed by atoms with Gasteiger partial charge in [-0.2, -0.15) is 0 Å². The van der Waals surface area contributed by atoms with E-state index in [4.69, 9.17) is 4.74 Å². The predicted octanol–water partition coefficient (Wildman–Crippen LogP) is 4.87. The zero-order chi connectivity index (χ0) is 18.8. The van der Waals surface area contributed by atoms with Gasteiger partial charge in [-0.1, -0.05) is 18.2 Å². The first-order valence-electron chi connectivity index (χ1n) is 9.67. The molecule has 27 heavy (non-hydrogen) atoms. The molecule has 140 valence electrons. The molecular formula is C23H26N2O2. The number of aromatic nitrogens is 1. The summed E-state index contributed by atoms with van der Waals surface area (Å²) in [6.45, 7) is 2.86. The lowest BCUT2D eigenvalue weighted by molar-refractivity contribution is -0.119. The molecule has 1 unspecified atom stereocenters. The standard InChI is InChI=1S/C23H26N2O2/c1-17(18-7-8-18)25(20-9-11-21(27-2)12-10-20)23(26)14-16-24-15-13-19-5-3-4-6-22(19)24/h3-6,9-13,15,17-18H,7-8,14,16H2,1-2H3. The van der Waals surface area contributed by atoms with Gasteiger partial charge in [0.15, 0.2) is 0 Å². The van der Waals surface area contributed by atoms with E-state index < -0.39 is 0 Å². The number of carbonyl (C=O) groups is 1. The molecule has 2 aromatic carbocycles. The van der Waals surface area contributed by atoms with Crippen LogP contribution < -0.4 is 9.64 Å². The lowest BCUT2D eigenvalue weighted by Gasteiger charge is -2.30. The van der Waals surface area contributed by atoms with Crippen molar-refractivity contribution in [2.45, 2.75) is 38.8 Å². The second-order valence-electron chi connectivity index (χ2n) is 7.36. The highest BCUT2D eigenvalue weighted by molar-refractivity contribution is 5.94. The highest BCUT2D eigenvalue weighted by atomic mass is 16.5. The van der Waals surface area contributed by atoms with Crippen LogP contribution in [0.1, 0.15) is 26.2 Å². The maximum atomic E-state index is 13.2. The first-order valence-corrected chi connectivity index (χ1v) is 9.67. The summed E-state index contributed by atoms with van der Waals surface area (Å²) in [5.74, 6) is 1.60. The molecule has 1 aliphatic rings. The van der Waals surface area contributed by atoms with E-state index in [1.807, 2.05) is 41.3 Å². The van der Waals surface area contributed by atoms with Gasteiger partial charge in [0.05, 0.1) is 7.11 Å². The van der Waals surface area contributed by atoms with Crippen LogP contribution in [0, 0.1) is 5.92 Å². The van der Waals surface area contributed by atoms with E-state index in [2.05, 4.69) is 35.9 Å². The first kappa shape index (κ1) is 17.7. The lowest BCUT2D eigenvalue weighted by atomic mass is 10.1. The summed E-state index contributed by atoms with van der Waals surface area (Å²) in [7, 11) is 1.66. The Morgan fingerprint density at radius 2 is 1.89 bits per heavy atom. The number of nitrogens with zero attached hydrogens (tertiary/aromatic N) is 2. The third-order valence-electron chi connectivity index (χ3n) is 5.58. The second-order valence-corrected chi connectivity index (χ2v) is 7.36. The van der Waals surface area contributed by atoms with Gasteiger partial charge in [-0.3, -0.25) is 4.79 Å². The first-order chi connectivity index (χ1) is 13.2. The third kappa shape index (κ3) is 3.70. The maximum Gasteiger partial charge on any atom is 0.229 e. The molecule has 0 radical (unpaired) electrons. The number of rotatable bonds is 7. The summed E-state index contributed by atoms with van der Waals surface area (Å²) in [4.78, 5) is 15.2. The average Bonchev–Trinajstić information content (AvgIpc) is 3.48. The zero-order valence-corrected chi connectivity index (χ0v) is 16.0. The number of amides is 1. The Labute approximate surface area is 160 Å². The van der Waals surface area contributed by atoms with Crippen molar-refractivity contribution in [3.63, 3.8) is 0 Å². The van der Waals surface area contributed by atoms with Crippen LogP contribution in [0.4, 0.5) is 5.69 Å². The molecule has 4 nitrogen and oxygen atoms in total. The van der Waals surface area contributed by atoms with Crippen LogP contribution in [0.5, 0.6) is 5.75 Å². The Balaban J connectivity index is 1.53. The zero-order valence-electron chi connectivity index (χ0n) is 16.0. The summed E-state index contributed by atoms with van der Waals surface area (Å²) in [5, 5.41) is 1.21. The van der Waals surface area contributed by atoms with Crippen molar-refractivity contribution in [3.05, 3.63) is 60.8 Å². The average molecular weight is 362 g/mol. The van der Waals surface area contributed by atoms with Crippen LogP contribution >= 0.6 is 0 Å². The molecule has 1 amide bonds. The van der Waals surface area contributed by atoms with E-state index in [-0.39, 0.29) is 11.9 Å². The van der Waals surface area contributed by atoms with Gasteiger partial charge in [0.1, 0.15) is 5.75 Å². The molecule has 4 rings (SSSR count). The minimum atomic E-state index is 0.178. The van der Waals surface area contributed by atoms with Gasteiger partial charge in [0.2, 0.25) is 5.91 Å². The van der Waals surface area contributed by atoms with Crippen molar-refractivity contribution >= 4 is 22.5 Å². The van der Waals surface area contributed by atoms with Crippen LogP contribution in [0.15, 0.2) is 60.8 Å². The molecule has 0 bridgehead atoms. The van der Waals surface area contributed by atoms with Gasteiger partial charge in [0, 0.05) is 36.4 Å². The van der Waals surface area contributed by atoms with Crippen molar-refractivity contribution in [3.8, 4) is 5.75 Å². The minimum absolute atomic E-state index is 0.178. The highest BCUT2D eigenvalue weighted by Gasteiger charge is 2.34. The molecule has 4 heteroatoms. The van der Waals surface area contributed by atoms with Crippen LogP contribution in [-0.4, -0.2) is 23.6 Å². The fourth-order valence-corrected chi connectivity index (χ4v) is 3.81. The number of aryl methyl sites for hydroxylation is 1. The molecular weight excluding hydrogens is 336 g/mol. The SMILES string of the molecule is COc1ccc(N(C(=O)CCn2ccc3ccccc32)C(C)C2CC2)cc1. The second kappa shape index (κ2) is 7.47. The topological polar surface area (TPSA) is 34.5 Å². The van der Waals surface area contributed by atoms with Crippen molar-refractivity contribution in [1.29, 1.82) is 0 Å². The number of benzene rings is 2. The van der Waals surface area contributed by atoms with Crippen molar-refractivity contribution in [2.24, 2.45) is 5.92 Å². The highest BCUT2D eigenvalue weighted by Crippen LogP contribution is 2.37. The lowest BCUT2D eigenvalue weighted by Crippen LogP contribution is -2.40. The van der Waals surface area contributed by atoms with E-state index in [0.717, 1.165) is 11.4 Å². The molecule has 0 spiro atoms. The molecule has 0 saturated heterocycles. The fourth-order valence-electron chi connectivity index (χ4n) is 3.81. The van der Waals surface area contributed by atoms with E-state index in [1.165, 1.54) is 23.7 Å². The number of fused-ring (bicyclic) bond motifs is 1. The maximum absolute atomic E-state index is 13.2. The van der Waals surface area contributed by atoms with Gasteiger partial charge < -0.3 is 14.2 Å². The minimum Gasteiger partial charge on any atom is -0.497 e. The summed E-state index contributed by atoms with van der Waals surface area (Å²) >= 11 is 0. The van der Waals surface area contributed by atoms with Gasteiger partial charge in [-0.25, -0.2) is 0 Å². The Hall–Kier alpha value is -2.75. The van der Waals surface area contributed by atoms with E-state index in [0.29, 0.717) is 18.9 Å². The smallest absolute Gasteiger partial charge is 0.229 e. The third-order valence-corrected chi connectivity index (χ3v) is 5.58. The number of hydrogen-bond acceptors (Lipinski definition) is 2. The molecule has 1 aliphatic carbocycles. The largest absolute Gasteiger partial charge is 0.497 e.